The molecule has 0 radical (unpaired) electrons. The number of para-hydroxylation sites is 1. The second-order valence-electron chi connectivity index (χ2n) is 7.02. The van der Waals surface area contributed by atoms with Crippen molar-refractivity contribution in [3.63, 3.8) is 0 Å². The summed E-state index contributed by atoms with van der Waals surface area (Å²) in [5.74, 6) is 1.69. The Bertz CT molecular complexity index is 1030. The second-order valence-corrected chi connectivity index (χ2v) is 7.41. The zero-order valence-corrected chi connectivity index (χ0v) is 17.1. The van der Waals surface area contributed by atoms with Crippen molar-refractivity contribution in [2.24, 2.45) is 0 Å². The summed E-state index contributed by atoms with van der Waals surface area (Å²) in [4.78, 5) is 12.6. The van der Waals surface area contributed by atoms with Crippen LogP contribution in [0.1, 0.15) is 48.9 Å². The van der Waals surface area contributed by atoms with Crippen molar-refractivity contribution in [2.45, 2.75) is 39.0 Å². The van der Waals surface area contributed by atoms with Crippen molar-refractivity contribution in [1.29, 1.82) is 0 Å². The van der Waals surface area contributed by atoms with Gasteiger partial charge in [0.25, 0.3) is 0 Å². The van der Waals surface area contributed by atoms with Crippen molar-refractivity contribution < 1.29 is 9.53 Å². The number of fused-ring (bicyclic) bond motifs is 1. The number of benzene rings is 1. The van der Waals surface area contributed by atoms with Gasteiger partial charge in [-0.3, -0.25) is 4.79 Å². The molecule has 0 saturated heterocycles. The fraction of sp³-hybridized carbons (Fsp3) is 0.333. The van der Waals surface area contributed by atoms with Crippen LogP contribution < -0.4 is 10.1 Å². The van der Waals surface area contributed by atoms with E-state index >= 15 is 0 Å². The van der Waals surface area contributed by atoms with E-state index < -0.39 is 0 Å². The molecule has 29 heavy (non-hydrogen) atoms. The van der Waals surface area contributed by atoms with E-state index in [2.05, 4.69) is 27.5 Å². The highest BCUT2D eigenvalue weighted by molar-refractivity contribution is 6.29. The molecule has 1 aliphatic rings. The van der Waals surface area contributed by atoms with Crippen LogP contribution in [0.15, 0.2) is 36.4 Å². The lowest BCUT2D eigenvalue weighted by atomic mass is 9.85. The first kappa shape index (κ1) is 19.4. The second kappa shape index (κ2) is 8.21. The number of carbonyl (C=O) groups is 1. The minimum atomic E-state index is -0.148. The molecule has 4 rings (SSSR count). The first-order chi connectivity index (χ1) is 14.1. The van der Waals surface area contributed by atoms with Gasteiger partial charge in [0.05, 0.1) is 12.3 Å². The van der Waals surface area contributed by atoms with Crippen LogP contribution in [-0.4, -0.2) is 32.5 Å². The van der Waals surface area contributed by atoms with E-state index in [1.165, 1.54) is 0 Å². The standard InChI is InChI=1S/C21H22ClN5O2/c1-3-4-11-29-16-8-6-5-7-14(16)15-12-19(28)23-21-20(15)13(2)26-27(21)18-10-9-17(22)24-25-18/h5-10,15H,3-4,11-12H2,1-2H3,(H,23,28)/t15-/m1/s1. The number of aryl methyl sites for hydroxylation is 1. The predicted octanol–water partition coefficient (Wildman–Crippen LogP) is 4.28. The van der Waals surface area contributed by atoms with Gasteiger partial charge >= 0.3 is 0 Å². The van der Waals surface area contributed by atoms with Crippen molar-refractivity contribution >= 4 is 23.3 Å². The highest BCUT2D eigenvalue weighted by Gasteiger charge is 2.34. The fourth-order valence-corrected chi connectivity index (χ4v) is 3.73. The number of nitrogens with one attached hydrogen (secondary N) is 1. The number of aromatic nitrogens is 4. The third-order valence-electron chi connectivity index (χ3n) is 4.99. The van der Waals surface area contributed by atoms with E-state index in [1.54, 1.807) is 16.8 Å². The van der Waals surface area contributed by atoms with Crippen LogP contribution in [0.5, 0.6) is 5.75 Å². The van der Waals surface area contributed by atoms with E-state index in [0.29, 0.717) is 29.8 Å². The van der Waals surface area contributed by atoms with Gasteiger partial charge in [0, 0.05) is 23.5 Å². The Kier molecular flexibility index (Phi) is 5.49. The fourth-order valence-electron chi connectivity index (χ4n) is 3.63. The summed E-state index contributed by atoms with van der Waals surface area (Å²) in [5, 5.41) is 15.9. The number of nitrogens with zero attached hydrogens (tertiary/aromatic N) is 4. The SMILES string of the molecule is CCCCOc1ccccc1[C@H]1CC(=O)Nc2c1c(C)nn2-c1ccc(Cl)nn1. The molecule has 1 aliphatic heterocycles. The molecule has 150 valence electrons. The highest BCUT2D eigenvalue weighted by atomic mass is 35.5. The van der Waals surface area contributed by atoms with E-state index in [1.807, 2.05) is 31.2 Å². The summed E-state index contributed by atoms with van der Waals surface area (Å²) in [7, 11) is 0. The molecule has 1 aromatic carbocycles. The summed E-state index contributed by atoms with van der Waals surface area (Å²) in [6.07, 6.45) is 2.38. The number of hydrogen-bond acceptors (Lipinski definition) is 5. The van der Waals surface area contributed by atoms with Crippen molar-refractivity contribution in [1.82, 2.24) is 20.0 Å². The van der Waals surface area contributed by atoms with Crippen molar-refractivity contribution in [3.05, 3.63) is 58.4 Å². The molecule has 0 unspecified atom stereocenters. The Morgan fingerprint density at radius 3 is 2.83 bits per heavy atom. The maximum atomic E-state index is 12.6. The molecule has 3 aromatic rings. The third kappa shape index (κ3) is 3.82. The van der Waals surface area contributed by atoms with Gasteiger partial charge in [-0.15, -0.1) is 10.2 Å². The first-order valence-corrected chi connectivity index (χ1v) is 10.1. The van der Waals surface area contributed by atoms with E-state index in [-0.39, 0.29) is 11.8 Å². The van der Waals surface area contributed by atoms with Crippen LogP contribution in [0.2, 0.25) is 5.15 Å². The molecule has 1 atom stereocenters. The molecule has 1 N–H and O–H groups in total. The zero-order chi connectivity index (χ0) is 20.4. The number of halogens is 1. The molecule has 0 bridgehead atoms. The van der Waals surface area contributed by atoms with Gasteiger partial charge in [0.1, 0.15) is 11.6 Å². The average molecular weight is 412 g/mol. The average Bonchev–Trinajstić information content (AvgIpc) is 3.05. The van der Waals surface area contributed by atoms with Crippen molar-refractivity contribution in [3.8, 4) is 11.6 Å². The minimum absolute atomic E-state index is 0.0751. The van der Waals surface area contributed by atoms with Crippen LogP contribution >= 0.6 is 11.6 Å². The number of rotatable bonds is 6. The number of carbonyl (C=O) groups excluding carboxylic acids is 1. The Hall–Kier alpha value is -2.93. The number of ether oxygens (including phenoxy) is 1. The topological polar surface area (TPSA) is 81.9 Å². The Morgan fingerprint density at radius 1 is 1.24 bits per heavy atom. The van der Waals surface area contributed by atoms with Gasteiger partial charge in [-0.25, -0.2) is 0 Å². The maximum absolute atomic E-state index is 12.6. The molecule has 1 amide bonds. The number of hydrogen-bond donors (Lipinski definition) is 1. The smallest absolute Gasteiger partial charge is 0.226 e. The number of unbranched alkanes of at least 4 members (excludes halogenated alkanes) is 1. The van der Waals surface area contributed by atoms with E-state index in [4.69, 9.17) is 16.3 Å². The normalized spacial score (nSPS) is 15.7. The van der Waals surface area contributed by atoms with Crippen LogP contribution in [0.25, 0.3) is 5.82 Å². The molecule has 7 nitrogen and oxygen atoms in total. The molecule has 3 heterocycles. The van der Waals surface area contributed by atoms with E-state index in [9.17, 15) is 4.79 Å². The zero-order valence-electron chi connectivity index (χ0n) is 16.4. The summed E-state index contributed by atoms with van der Waals surface area (Å²) in [5.41, 5.74) is 2.78. The summed E-state index contributed by atoms with van der Waals surface area (Å²) in [6.45, 7) is 4.71. The molecular formula is C21H22ClN5O2. The Labute approximate surface area is 174 Å². The summed E-state index contributed by atoms with van der Waals surface area (Å²) >= 11 is 5.86. The minimum Gasteiger partial charge on any atom is -0.493 e. The molecule has 8 heteroatoms. The third-order valence-corrected chi connectivity index (χ3v) is 5.19. The molecular weight excluding hydrogens is 390 g/mol. The lowest BCUT2D eigenvalue weighted by Crippen LogP contribution is -2.25. The van der Waals surface area contributed by atoms with Crippen LogP contribution in [0.3, 0.4) is 0 Å². The monoisotopic (exact) mass is 411 g/mol. The Morgan fingerprint density at radius 2 is 2.07 bits per heavy atom. The van der Waals surface area contributed by atoms with Crippen molar-refractivity contribution in [2.75, 3.05) is 11.9 Å². The van der Waals surface area contributed by atoms with Gasteiger partial charge in [-0.2, -0.15) is 9.78 Å². The summed E-state index contributed by atoms with van der Waals surface area (Å²) in [6, 6.07) is 11.3. The molecule has 0 aliphatic carbocycles. The Balaban J connectivity index is 1.78. The quantitative estimate of drug-likeness (QED) is 0.612. The molecule has 2 aromatic heterocycles. The lowest BCUT2D eigenvalue weighted by Gasteiger charge is -2.25. The molecule has 0 fully saturated rings. The van der Waals surface area contributed by atoms with Crippen LogP contribution in [0, 0.1) is 6.92 Å². The van der Waals surface area contributed by atoms with Gasteiger partial charge in [-0.05, 0) is 31.5 Å². The maximum Gasteiger partial charge on any atom is 0.226 e. The van der Waals surface area contributed by atoms with Gasteiger partial charge in [-0.1, -0.05) is 43.1 Å². The lowest BCUT2D eigenvalue weighted by molar-refractivity contribution is -0.116. The molecule has 0 saturated carbocycles. The van der Waals surface area contributed by atoms with Gasteiger partial charge in [0.2, 0.25) is 5.91 Å². The predicted molar refractivity (Wildman–Crippen MR) is 111 cm³/mol. The van der Waals surface area contributed by atoms with E-state index in [0.717, 1.165) is 35.4 Å². The summed E-state index contributed by atoms with van der Waals surface area (Å²) < 4.78 is 7.64. The number of anilines is 1. The van der Waals surface area contributed by atoms with Gasteiger partial charge in [0.15, 0.2) is 11.0 Å². The highest BCUT2D eigenvalue weighted by Crippen LogP contribution is 2.42. The van der Waals surface area contributed by atoms with Crippen LogP contribution in [-0.2, 0) is 4.79 Å². The van der Waals surface area contributed by atoms with Gasteiger partial charge < -0.3 is 10.1 Å². The molecule has 0 spiro atoms. The first-order valence-electron chi connectivity index (χ1n) is 9.69. The number of amides is 1. The van der Waals surface area contributed by atoms with Crippen LogP contribution in [0.4, 0.5) is 5.82 Å². The largest absolute Gasteiger partial charge is 0.493 e.